The van der Waals surface area contributed by atoms with Crippen LogP contribution in [0.4, 0.5) is 5.82 Å². The number of aryl methyl sites for hydroxylation is 1. The smallest absolute Gasteiger partial charge is 0.268 e. The van der Waals surface area contributed by atoms with Gasteiger partial charge in [0.2, 0.25) is 5.91 Å². The summed E-state index contributed by atoms with van der Waals surface area (Å²) in [7, 11) is 0. The molecule has 1 atom stereocenters. The molecule has 5 aromatic rings. The second-order valence-corrected chi connectivity index (χ2v) is 9.33. The van der Waals surface area contributed by atoms with Crippen LogP contribution < -0.4 is 16.4 Å². The topological polar surface area (TPSA) is 113 Å². The summed E-state index contributed by atoms with van der Waals surface area (Å²) in [5.74, 6) is -0.219. The van der Waals surface area contributed by atoms with Gasteiger partial charge in [-0.25, -0.2) is 4.98 Å². The van der Waals surface area contributed by atoms with E-state index in [1.165, 1.54) is 0 Å². The number of H-pyrrole nitrogens is 1. The number of hydrogen-bond acceptors (Lipinski definition) is 4. The van der Waals surface area contributed by atoms with E-state index in [1.807, 2.05) is 85.8 Å². The van der Waals surface area contributed by atoms with Crippen molar-refractivity contribution in [2.75, 3.05) is 5.73 Å². The van der Waals surface area contributed by atoms with Crippen LogP contribution in [-0.4, -0.2) is 27.8 Å². The molecule has 0 saturated heterocycles. The summed E-state index contributed by atoms with van der Waals surface area (Å²) in [6, 6.07) is 28.4. The van der Waals surface area contributed by atoms with E-state index in [2.05, 4.69) is 20.6 Å². The van der Waals surface area contributed by atoms with Gasteiger partial charge in [0.25, 0.3) is 5.91 Å². The molecule has 0 radical (unpaired) electrons. The molecule has 0 bridgehead atoms. The number of benzene rings is 3. The summed E-state index contributed by atoms with van der Waals surface area (Å²) in [6.45, 7) is 2.30. The van der Waals surface area contributed by atoms with Gasteiger partial charge in [0.05, 0.1) is 0 Å². The third-order valence-corrected chi connectivity index (χ3v) is 6.53. The third kappa shape index (κ3) is 5.73. The fraction of sp³-hybridized carbons (Fsp3) is 0.129. The number of aromatic nitrogens is 2. The van der Waals surface area contributed by atoms with Crippen molar-refractivity contribution in [3.63, 3.8) is 0 Å². The number of anilines is 1. The third-order valence-electron chi connectivity index (χ3n) is 6.53. The highest BCUT2D eigenvalue weighted by atomic mass is 16.2. The first-order valence-electron chi connectivity index (χ1n) is 12.5. The van der Waals surface area contributed by atoms with Crippen LogP contribution in [0.15, 0.2) is 97.2 Å². The van der Waals surface area contributed by atoms with Gasteiger partial charge in [0, 0.05) is 24.9 Å². The van der Waals surface area contributed by atoms with Crippen molar-refractivity contribution in [1.29, 1.82) is 0 Å². The quantitative estimate of drug-likeness (QED) is 0.244. The number of pyridine rings is 1. The zero-order valence-corrected chi connectivity index (χ0v) is 21.1. The first kappa shape index (κ1) is 24.8. The number of nitrogens with zero attached hydrogens (tertiary/aromatic N) is 1. The lowest BCUT2D eigenvalue weighted by Gasteiger charge is -2.19. The monoisotopic (exact) mass is 503 g/mol. The van der Waals surface area contributed by atoms with Gasteiger partial charge in [-0.1, -0.05) is 78.4 Å². The van der Waals surface area contributed by atoms with Crippen molar-refractivity contribution >= 4 is 28.4 Å². The maximum atomic E-state index is 13.4. The van der Waals surface area contributed by atoms with Gasteiger partial charge in [-0.3, -0.25) is 9.59 Å². The summed E-state index contributed by atoms with van der Waals surface area (Å²) in [5, 5.41) is 8.01. The van der Waals surface area contributed by atoms with Crippen molar-refractivity contribution in [3.8, 4) is 11.3 Å². The molecule has 7 nitrogen and oxygen atoms in total. The predicted octanol–water partition coefficient (Wildman–Crippen LogP) is 4.78. The molecule has 0 spiro atoms. The van der Waals surface area contributed by atoms with E-state index in [1.54, 1.807) is 18.3 Å². The number of hydrogen-bond donors (Lipinski definition) is 4. The molecule has 5 N–H and O–H groups in total. The van der Waals surface area contributed by atoms with Crippen LogP contribution >= 0.6 is 0 Å². The van der Waals surface area contributed by atoms with Crippen LogP contribution in [0.5, 0.6) is 0 Å². The van der Waals surface area contributed by atoms with Crippen molar-refractivity contribution < 1.29 is 9.59 Å². The second-order valence-electron chi connectivity index (χ2n) is 9.33. The number of nitrogens with one attached hydrogen (secondary N) is 3. The summed E-state index contributed by atoms with van der Waals surface area (Å²) >= 11 is 0. The zero-order chi connectivity index (χ0) is 26.5. The van der Waals surface area contributed by atoms with Crippen LogP contribution in [0.2, 0.25) is 0 Å². The number of carbonyl (C=O) groups is 2. The van der Waals surface area contributed by atoms with Gasteiger partial charge < -0.3 is 21.4 Å². The molecule has 38 heavy (non-hydrogen) atoms. The van der Waals surface area contributed by atoms with Gasteiger partial charge in [-0.2, -0.15) is 0 Å². The highest BCUT2D eigenvalue weighted by Crippen LogP contribution is 2.21. The van der Waals surface area contributed by atoms with E-state index in [4.69, 9.17) is 5.73 Å². The van der Waals surface area contributed by atoms with Gasteiger partial charge in [-0.05, 0) is 52.6 Å². The summed E-state index contributed by atoms with van der Waals surface area (Å²) in [5.41, 5.74) is 10.8. The largest absolute Gasteiger partial charge is 0.384 e. The Morgan fingerprint density at radius 1 is 0.921 bits per heavy atom. The van der Waals surface area contributed by atoms with E-state index in [9.17, 15) is 9.59 Å². The lowest BCUT2D eigenvalue weighted by Crippen LogP contribution is -2.48. The number of carbonyl (C=O) groups excluding carboxylic acids is 2. The molecule has 0 unspecified atom stereocenters. The Kier molecular flexibility index (Phi) is 7.17. The molecule has 2 heterocycles. The lowest BCUT2D eigenvalue weighted by atomic mass is 9.98. The van der Waals surface area contributed by atoms with Crippen LogP contribution in [0, 0.1) is 6.92 Å². The number of nitrogens with two attached hydrogens (primary N) is 1. The second kappa shape index (κ2) is 11.0. The Balaban J connectivity index is 1.37. The molecule has 3 aromatic carbocycles. The number of aromatic amines is 1. The molecule has 0 aliphatic heterocycles. The first-order valence-corrected chi connectivity index (χ1v) is 12.5. The highest BCUT2D eigenvalue weighted by molar-refractivity contribution is 5.97. The van der Waals surface area contributed by atoms with E-state index < -0.39 is 6.04 Å². The maximum absolute atomic E-state index is 13.4. The van der Waals surface area contributed by atoms with Crippen LogP contribution in [0.1, 0.15) is 27.2 Å². The van der Waals surface area contributed by atoms with Gasteiger partial charge >= 0.3 is 0 Å². The molecule has 0 aliphatic carbocycles. The Labute approximate surface area is 221 Å². The molecule has 2 aromatic heterocycles. The SMILES string of the molecule is Cc1ccc(-c2ccc(C(=O)N[C@@H](Cc3cccc4ccccc34)C(=O)NCc3ccc(N)nc3)[nH]2)cc1. The lowest BCUT2D eigenvalue weighted by molar-refractivity contribution is -0.123. The maximum Gasteiger partial charge on any atom is 0.268 e. The molecule has 2 amide bonds. The van der Waals surface area contributed by atoms with E-state index in [-0.39, 0.29) is 18.4 Å². The minimum absolute atomic E-state index is 0.272. The minimum atomic E-state index is -0.791. The normalized spacial score (nSPS) is 11.7. The number of amides is 2. The van der Waals surface area contributed by atoms with Crippen LogP contribution in [0.25, 0.3) is 22.0 Å². The van der Waals surface area contributed by atoms with E-state index >= 15 is 0 Å². The predicted molar refractivity (Wildman–Crippen MR) is 150 cm³/mol. The Hall–Kier alpha value is -4.91. The standard InChI is InChI=1S/C31H29N5O2/c1-20-9-12-23(13-10-20)26-14-15-27(35-26)31(38)36-28(30(37)34-19-21-11-16-29(32)33-18-21)17-24-7-4-6-22-5-2-3-8-25(22)24/h2-16,18,28,35H,17,19H2,1H3,(H2,32,33)(H,34,37)(H,36,38)/t28-/m0/s1. The van der Waals surface area contributed by atoms with Crippen LogP contribution in [0.3, 0.4) is 0 Å². The average Bonchev–Trinajstić information content (AvgIpc) is 3.43. The molecule has 0 aliphatic rings. The highest BCUT2D eigenvalue weighted by Gasteiger charge is 2.23. The molecular formula is C31H29N5O2. The van der Waals surface area contributed by atoms with Crippen molar-refractivity contribution in [1.82, 2.24) is 20.6 Å². The van der Waals surface area contributed by atoms with Crippen LogP contribution in [-0.2, 0) is 17.8 Å². The van der Waals surface area contributed by atoms with Crippen molar-refractivity contribution in [3.05, 3.63) is 120 Å². The average molecular weight is 504 g/mol. The molecule has 0 saturated carbocycles. The minimum Gasteiger partial charge on any atom is -0.384 e. The summed E-state index contributed by atoms with van der Waals surface area (Å²) in [4.78, 5) is 33.9. The molecule has 7 heteroatoms. The molecule has 190 valence electrons. The number of rotatable bonds is 8. The molecule has 0 fully saturated rings. The van der Waals surface area contributed by atoms with E-state index in [0.29, 0.717) is 17.9 Å². The Morgan fingerprint density at radius 3 is 2.50 bits per heavy atom. The zero-order valence-electron chi connectivity index (χ0n) is 21.1. The van der Waals surface area contributed by atoms with Gasteiger partial charge in [0.1, 0.15) is 17.6 Å². The fourth-order valence-electron chi connectivity index (χ4n) is 4.42. The summed E-state index contributed by atoms with van der Waals surface area (Å²) < 4.78 is 0. The molecule has 5 rings (SSSR count). The number of fused-ring (bicyclic) bond motifs is 1. The van der Waals surface area contributed by atoms with Crippen molar-refractivity contribution in [2.45, 2.75) is 25.9 Å². The van der Waals surface area contributed by atoms with Gasteiger partial charge in [0.15, 0.2) is 0 Å². The number of nitrogen functional groups attached to an aromatic ring is 1. The van der Waals surface area contributed by atoms with E-state index in [0.717, 1.165) is 38.7 Å². The van der Waals surface area contributed by atoms with Gasteiger partial charge in [-0.15, -0.1) is 0 Å². The summed E-state index contributed by atoms with van der Waals surface area (Å²) in [6.07, 6.45) is 1.96. The molecular weight excluding hydrogens is 474 g/mol. The first-order chi connectivity index (χ1) is 18.5. The fourth-order valence-corrected chi connectivity index (χ4v) is 4.42. The Morgan fingerprint density at radius 2 is 1.71 bits per heavy atom. The Bertz CT molecular complexity index is 1570. The van der Waals surface area contributed by atoms with Crippen molar-refractivity contribution in [2.24, 2.45) is 0 Å².